The third-order valence-electron chi connectivity index (χ3n) is 4.17. The number of aromatic carboxylic acids is 1. The van der Waals surface area contributed by atoms with E-state index in [4.69, 9.17) is 9.84 Å². The minimum Gasteiger partial charge on any atom is -0.492 e. The van der Waals surface area contributed by atoms with E-state index in [1.54, 1.807) is 24.3 Å². The smallest absolute Gasteiger partial charge is 0.335 e. The highest BCUT2D eigenvalue weighted by Crippen LogP contribution is 2.13. The van der Waals surface area contributed by atoms with E-state index in [-0.39, 0.29) is 5.56 Å². The van der Waals surface area contributed by atoms with Crippen LogP contribution in [-0.2, 0) is 0 Å². The summed E-state index contributed by atoms with van der Waals surface area (Å²) in [4.78, 5) is 15.4. The van der Waals surface area contributed by atoms with Crippen molar-refractivity contribution in [1.82, 2.24) is 4.90 Å². The molecule has 25 heavy (non-hydrogen) atoms. The topological polar surface area (TPSA) is 53.0 Å². The van der Waals surface area contributed by atoms with Crippen LogP contribution in [0.1, 0.15) is 17.3 Å². The largest absolute Gasteiger partial charge is 0.492 e. The van der Waals surface area contributed by atoms with Crippen LogP contribution in [0.2, 0.25) is 0 Å². The maximum Gasteiger partial charge on any atom is 0.335 e. The van der Waals surface area contributed by atoms with Crippen LogP contribution in [0.5, 0.6) is 5.75 Å². The van der Waals surface area contributed by atoms with Gasteiger partial charge in [0.15, 0.2) is 0 Å². The van der Waals surface area contributed by atoms with E-state index >= 15 is 0 Å². The molecule has 1 N–H and O–H groups in total. The van der Waals surface area contributed by atoms with Crippen molar-refractivity contribution >= 4 is 11.7 Å². The molecule has 0 bridgehead atoms. The molecular formula is C20H26N2O3. The van der Waals surface area contributed by atoms with Gasteiger partial charge in [0.05, 0.1) is 5.56 Å². The van der Waals surface area contributed by atoms with Crippen LogP contribution in [-0.4, -0.2) is 55.8 Å². The van der Waals surface area contributed by atoms with Crippen LogP contribution in [0.4, 0.5) is 5.69 Å². The molecule has 0 aliphatic rings. The molecule has 2 aromatic carbocycles. The summed E-state index contributed by atoms with van der Waals surface area (Å²) in [5.74, 6) is -0.228. The molecule has 0 atom stereocenters. The summed E-state index contributed by atoms with van der Waals surface area (Å²) >= 11 is 0. The van der Waals surface area contributed by atoms with Gasteiger partial charge in [0.25, 0.3) is 0 Å². The molecule has 5 nitrogen and oxygen atoms in total. The zero-order chi connectivity index (χ0) is 18.1. The molecule has 2 aromatic rings. The Morgan fingerprint density at radius 2 is 1.68 bits per heavy atom. The van der Waals surface area contributed by atoms with Crippen LogP contribution in [0.15, 0.2) is 54.6 Å². The van der Waals surface area contributed by atoms with Gasteiger partial charge >= 0.3 is 5.97 Å². The number of likely N-dealkylation sites (N-methyl/N-ethyl adjacent to an activating group) is 2. The van der Waals surface area contributed by atoms with E-state index in [1.165, 1.54) is 5.69 Å². The Hall–Kier alpha value is -2.53. The summed E-state index contributed by atoms with van der Waals surface area (Å²) in [5.41, 5.74) is 1.49. The van der Waals surface area contributed by atoms with E-state index in [2.05, 4.69) is 35.9 Å². The first kappa shape index (κ1) is 18.8. The summed E-state index contributed by atoms with van der Waals surface area (Å²) in [6.07, 6.45) is 0. The van der Waals surface area contributed by atoms with Crippen LogP contribution >= 0.6 is 0 Å². The van der Waals surface area contributed by atoms with Crippen molar-refractivity contribution in [3.8, 4) is 5.75 Å². The number of carboxylic acids is 1. The van der Waals surface area contributed by atoms with Gasteiger partial charge in [-0.1, -0.05) is 25.1 Å². The average molecular weight is 342 g/mol. The molecule has 0 spiro atoms. The molecule has 0 heterocycles. The highest BCUT2D eigenvalue weighted by molar-refractivity contribution is 5.87. The van der Waals surface area contributed by atoms with Gasteiger partial charge in [-0.15, -0.1) is 0 Å². The number of para-hydroxylation sites is 1. The Morgan fingerprint density at radius 1 is 1.00 bits per heavy atom. The number of hydrogen-bond donors (Lipinski definition) is 1. The maximum atomic E-state index is 10.8. The molecule has 0 radical (unpaired) electrons. The van der Waals surface area contributed by atoms with Gasteiger partial charge in [-0.25, -0.2) is 4.79 Å². The van der Waals surface area contributed by atoms with Crippen LogP contribution in [0, 0.1) is 0 Å². The molecule has 0 aromatic heterocycles. The van der Waals surface area contributed by atoms with Gasteiger partial charge in [-0.2, -0.15) is 0 Å². The standard InChI is InChI=1S/C20H26N2O3/c1-3-22(14-13-21(2)18-7-5-4-6-8-18)15-16-25-19-11-9-17(10-12-19)20(23)24/h4-12H,3,13-16H2,1-2H3,(H,23,24). The molecule has 134 valence electrons. The fraction of sp³-hybridized carbons (Fsp3) is 0.350. The van der Waals surface area contributed by atoms with Gasteiger partial charge in [0.1, 0.15) is 12.4 Å². The minimum absolute atomic E-state index is 0.270. The average Bonchev–Trinajstić information content (AvgIpc) is 2.65. The molecule has 0 aliphatic heterocycles. The summed E-state index contributed by atoms with van der Waals surface area (Å²) < 4.78 is 5.72. The van der Waals surface area contributed by atoms with Gasteiger partial charge in [0, 0.05) is 32.4 Å². The SMILES string of the molecule is CCN(CCOc1ccc(C(=O)O)cc1)CCN(C)c1ccccc1. The normalized spacial score (nSPS) is 10.7. The van der Waals surface area contributed by atoms with Gasteiger partial charge in [-0.05, 0) is 42.9 Å². The fourth-order valence-electron chi connectivity index (χ4n) is 2.52. The number of ether oxygens (including phenoxy) is 1. The molecular weight excluding hydrogens is 316 g/mol. The molecule has 2 rings (SSSR count). The van der Waals surface area contributed by atoms with Crippen molar-refractivity contribution in [3.63, 3.8) is 0 Å². The summed E-state index contributed by atoms with van der Waals surface area (Å²) in [6.45, 7) is 6.43. The Kier molecular flexibility index (Phi) is 7.29. The first-order chi connectivity index (χ1) is 12.1. The van der Waals surface area contributed by atoms with Crippen LogP contribution in [0.25, 0.3) is 0 Å². The number of carbonyl (C=O) groups is 1. The van der Waals surface area contributed by atoms with Gasteiger partial charge in [-0.3, -0.25) is 4.90 Å². The number of benzene rings is 2. The number of hydrogen-bond acceptors (Lipinski definition) is 4. The Balaban J connectivity index is 1.73. The first-order valence-electron chi connectivity index (χ1n) is 8.55. The lowest BCUT2D eigenvalue weighted by molar-refractivity contribution is 0.0697. The van der Waals surface area contributed by atoms with E-state index < -0.39 is 5.97 Å². The maximum absolute atomic E-state index is 10.8. The monoisotopic (exact) mass is 342 g/mol. The van der Waals surface area contributed by atoms with Crippen molar-refractivity contribution < 1.29 is 14.6 Å². The molecule has 0 saturated heterocycles. The molecule has 0 aliphatic carbocycles. The Labute approximate surface area is 149 Å². The third-order valence-corrected chi connectivity index (χ3v) is 4.17. The van der Waals surface area contributed by atoms with E-state index in [0.29, 0.717) is 12.4 Å². The van der Waals surface area contributed by atoms with E-state index in [0.717, 1.165) is 26.2 Å². The molecule has 5 heteroatoms. The molecule has 0 amide bonds. The lowest BCUT2D eigenvalue weighted by Crippen LogP contribution is -2.35. The molecule has 0 unspecified atom stereocenters. The first-order valence-corrected chi connectivity index (χ1v) is 8.55. The molecule has 0 fully saturated rings. The van der Waals surface area contributed by atoms with Crippen LogP contribution < -0.4 is 9.64 Å². The van der Waals surface area contributed by atoms with Crippen molar-refractivity contribution in [2.24, 2.45) is 0 Å². The van der Waals surface area contributed by atoms with Crippen LogP contribution in [0.3, 0.4) is 0 Å². The zero-order valence-electron chi connectivity index (χ0n) is 14.9. The second-order valence-electron chi connectivity index (χ2n) is 5.87. The van der Waals surface area contributed by atoms with Gasteiger partial charge in [0.2, 0.25) is 0 Å². The predicted octanol–water partition coefficient (Wildman–Crippen LogP) is 3.22. The number of carboxylic acid groups (broad SMARTS) is 1. The molecule has 0 saturated carbocycles. The van der Waals surface area contributed by atoms with Crippen molar-refractivity contribution in [1.29, 1.82) is 0 Å². The second kappa shape index (κ2) is 9.69. The number of anilines is 1. The van der Waals surface area contributed by atoms with Gasteiger partial charge < -0.3 is 14.7 Å². The lowest BCUT2D eigenvalue weighted by atomic mass is 10.2. The minimum atomic E-state index is -0.925. The van der Waals surface area contributed by atoms with E-state index in [1.807, 2.05) is 18.2 Å². The fourth-order valence-corrected chi connectivity index (χ4v) is 2.52. The number of nitrogens with zero attached hydrogens (tertiary/aromatic N) is 2. The lowest BCUT2D eigenvalue weighted by Gasteiger charge is -2.25. The summed E-state index contributed by atoms with van der Waals surface area (Å²) in [7, 11) is 2.10. The Morgan fingerprint density at radius 3 is 2.28 bits per heavy atom. The quantitative estimate of drug-likeness (QED) is 0.718. The number of rotatable bonds is 10. The summed E-state index contributed by atoms with van der Waals surface area (Å²) in [6, 6.07) is 16.9. The highest BCUT2D eigenvalue weighted by atomic mass is 16.5. The van der Waals surface area contributed by atoms with Crippen molar-refractivity contribution in [2.75, 3.05) is 44.7 Å². The second-order valence-corrected chi connectivity index (χ2v) is 5.87. The predicted molar refractivity (Wildman–Crippen MR) is 101 cm³/mol. The van der Waals surface area contributed by atoms with Crippen molar-refractivity contribution in [2.45, 2.75) is 6.92 Å². The highest BCUT2D eigenvalue weighted by Gasteiger charge is 2.06. The zero-order valence-corrected chi connectivity index (χ0v) is 14.9. The third kappa shape index (κ3) is 6.12. The Bertz CT molecular complexity index is 644. The van der Waals surface area contributed by atoms with E-state index in [9.17, 15) is 4.79 Å². The summed E-state index contributed by atoms with van der Waals surface area (Å²) in [5, 5.41) is 8.89. The van der Waals surface area contributed by atoms with Crippen molar-refractivity contribution in [3.05, 3.63) is 60.2 Å².